The first kappa shape index (κ1) is 9.52. The van der Waals surface area contributed by atoms with Gasteiger partial charge in [0.1, 0.15) is 0 Å². The van der Waals surface area contributed by atoms with Crippen LogP contribution in [0.25, 0.3) is 0 Å². The molecule has 0 spiro atoms. The predicted molar refractivity (Wildman–Crippen MR) is 48.6 cm³/mol. The van der Waals surface area contributed by atoms with Crippen LogP contribution >= 0.6 is 0 Å². The molecule has 12 heavy (non-hydrogen) atoms. The van der Waals surface area contributed by atoms with E-state index in [1.165, 1.54) is 12.8 Å². The molecule has 3 N–H and O–H groups in total. The molecule has 0 aliphatic heterocycles. The van der Waals surface area contributed by atoms with E-state index in [0.29, 0.717) is 12.5 Å². The van der Waals surface area contributed by atoms with Gasteiger partial charge in [0.15, 0.2) is 0 Å². The van der Waals surface area contributed by atoms with E-state index in [2.05, 4.69) is 5.32 Å². The molecule has 0 radical (unpaired) electrons. The van der Waals surface area contributed by atoms with Crippen LogP contribution in [0.4, 0.5) is 0 Å². The van der Waals surface area contributed by atoms with Crippen LogP contribution in [-0.2, 0) is 4.79 Å². The maximum absolute atomic E-state index is 11.4. The Balaban J connectivity index is 2.10. The lowest BCUT2D eigenvalue weighted by Crippen LogP contribution is -2.30. The van der Waals surface area contributed by atoms with Gasteiger partial charge in [-0.25, -0.2) is 0 Å². The van der Waals surface area contributed by atoms with Crippen molar-refractivity contribution in [2.75, 3.05) is 13.1 Å². The highest BCUT2D eigenvalue weighted by atomic mass is 16.1. The van der Waals surface area contributed by atoms with Gasteiger partial charge in [-0.05, 0) is 25.8 Å². The van der Waals surface area contributed by atoms with Crippen LogP contribution in [0.15, 0.2) is 0 Å². The summed E-state index contributed by atoms with van der Waals surface area (Å²) in [5.41, 5.74) is 5.32. The van der Waals surface area contributed by atoms with Crippen molar-refractivity contribution in [3.05, 3.63) is 0 Å². The first-order valence-electron chi connectivity index (χ1n) is 4.82. The molecule has 1 amide bonds. The van der Waals surface area contributed by atoms with Gasteiger partial charge in [-0.3, -0.25) is 4.79 Å². The number of nitrogens with one attached hydrogen (secondary N) is 1. The van der Waals surface area contributed by atoms with Crippen LogP contribution < -0.4 is 11.1 Å². The van der Waals surface area contributed by atoms with Gasteiger partial charge in [0.2, 0.25) is 5.91 Å². The van der Waals surface area contributed by atoms with Crippen molar-refractivity contribution >= 4 is 5.91 Å². The molecule has 0 atom stereocenters. The van der Waals surface area contributed by atoms with Gasteiger partial charge in [0.25, 0.3) is 0 Å². The molecule has 0 aromatic rings. The molecule has 3 heteroatoms. The number of amides is 1. The van der Waals surface area contributed by atoms with Gasteiger partial charge < -0.3 is 11.1 Å². The maximum atomic E-state index is 11.4. The lowest BCUT2D eigenvalue weighted by molar-refractivity contribution is -0.124. The second-order valence-corrected chi connectivity index (χ2v) is 3.41. The van der Waals surface area contributed by atoms with E-state index in [0.717, 1.165) is 25.8 Å². The fourth-order valence-electron chi connectivity index (χ4n) is 1.65. The largest absolute Gasteiger partial charge is 0.356 e. The van der Waals surface area contributed by atoms with Crippen LogP contribution in [0.5, 0.6) is 0 Å². The van der Waals surface area contributed by atoms with Crippen LogP contribution in [0.1, 0.15) is 32.1 Å². The van der Waals surface area contributed by atoms with Crippen LogP contribution in [0.2, 0.25) is 0 Å². The summed E-state index contributed by atoms with van der Waals surface area (Å²) in [6, 6.07) is 0. The Kier molecular flexibility index (Phi) is 4.08. The minimum absolute atomic E-state index is 0.237. The third-order valence-electron chi connectivity index (χ3n) is 2.41. The van der Waals surface area contributed by atoms with E-state index in [9.17, 15) is 4.79 Å². The summed E-state index contributed by atoms with van der Waals surface area (Å²) in [4.78, 5) is 11.4. The SMILES string of the molecule is NCCCNC(=O)C1CCCC1. The van der Waals surface area contributed by atoms with Crippen molar-refractivity contribution < 1.29 is 4.79 Å². The number of nitrogens with two attached hydrogens (primary N) is 1. The van der Waals surface area contributed by atoms with Crippen molar-refractivity contribution in [3.63, 3.8) is 0 Å². The minimum atomic E-state index is 0.237. The number of hydrogen-bond donors (Lipinski definition) is 2. The maximum Gasteiger partial charge on any atom is 0.223 e. The standard InChI is InChI=1S/C9H18N2O/c10-6-3-7-11-9(12)8-4-1-2-5-8/h8H,1-7,10H2,(H,11,12). The molecule has 1 aliphatic rings. The fourth-order valence-corrected chi connectivity index (χ4v) is 1.65. The van der Waals surface area contributed by atoms with Crippen molar-refractivity contribution in [3.8, 4) is 0 Å². The molecular formula is C9H18N2O. The third kappa shape index (κ3) is 2.81. The third-order valence-corrected chi connectivity index (χ3v) is 2.41. The van der Waals surface area contributed by atoms with Crippen LogP contribution in [-0.4, -0.2) is 19.0 Å². The Morgan fingerprint density at radius 3 is 2.67 bits per heavy atom. The minimum Gasteiger partial charge on any atom is -0.356 e. The van der Waals surface area contributed by atoms with Gasteiger partial charge in [-0.1, -0.05) is 12.8 Å². The van der Waals surface area contributed by atoms with Crippen molar-refractivity contribution in [2.24, 2.45) is 11.7 Å². The average molecular weight is 170 g/mol. The first-order valence-corrected chi connectivity index (χ1v) is 4.82. The predicted octanol–water partition coefficient (Wildman–Crippen LogP) is 0.642. The lowest BCUT2D eigenvalue weighted by atomic mass is 10.1. The summed E-state index contributed by atoms with van der Waals surface area (Å²) >= 11 is 0. The molecule has 0 saturated heterocycles. The highest BCUT2D eigenvalue weighted by Gasteiger charge is 2.21. The molecule has 1 aliphatic carbocycles. The van der Waals surface area contributed by atoms with E-state index in [-0.39, 0.29) is 5.91 Å². The Morgan fingerprint density at radius 1 is 1.42 bits per heavy atom. The van der Waals surface area contributed by atoms with Gasteiger partial charge >= 0.3 is 0 Å². The molecule has 0 unspecified atom stereocenters. The normalized spacial score (nSPS) is 18.1. The summed E-state index contributed by atoms with van der Waals surface area (Å²) < 4.78 is 0. The highest BCUT2D eigenvalue weighted by molar-refractivity contribution is 5.78. The fraction of sp³-hybridized carbons (Fsp3) is 0.889. The summed E-state index contributed by atoms with van der Waals surface area (Å²) in [5.74, 6) is 0.531. The molecular weight excluding hydrogens is 152 g/mol. The quantitative estimate of drug-likeness (QED) is 0.608. The molecule has 1 fully saturated rings. The van der Waals surface area contributed by atoms with Gasteiger partial charge in [-0.15, -0.1) is 0 Å². The molecule has 0 aromatic carbocycles. The summed E-state index contributed by atoms with van der Waals surface area (Å²) in [5, 5.41) is 2.91. The molecule has 0 heterocycles. The number of carbonyl (C=O) groups excluding carboxylic acids is 1. The van der Waals surface area contributed by atoms with E-state index in [4.69, 9.17) is 5.73 Å². The second kappa shape index (κ2) is 5.14. The Labute approximate surface area is 73.7 Å². The Morgan fingerprint density at radius 2 is 2.08 bits per heavy atom. The van der Waals surface area contributed by atoms with Gasteiger partial charge in [-0.2, -0.15) is 0 Å². The zero-order valence-corrected chi connectivity index (χ0v) is 7.51. The highest BCUT2D eigenvalue weighted by Crippen LogP contribution is 2.24. The smallest absolute Gasteiger partial charge is 0.223 e. The van der Waals surface area contributed by atoms with Crippen LogP contribution in [0, 0.1) is 5.92 Å². The van der Waals surface area contributed by atoms with Crippen molar-refractivity contribution in [1.29, 1.82) is 0 Å². The topological polar surface area (TPSA) is 55.1 Å². The second-order valence-electron chi connectivity index (χ2n) is 3.41. The van der Waals surface area contributed by atoms with E-state index in [1.54, 1.807) is 0 Å². The summed E-state index contributed by atoms with van der Waals surface area (Å²) in [6.07, 6.45) is 5.48. The van der Waals surface area contributed by atoms with Gasteiger partial charge in [0, 0.05) is 12.5 Å². The van der Waals surface area contributed by atoms with Crippen molar-refractivity contribution in [2.45, 2.75) is 32.1 Å². The number of carbonyl (C=O) groups is 1. The zero-order valence-electron chi connectivity index (χ0n) is 7.51. The zero-order chi connectivity index (χ0) is 8.81. The van der Waals surface area contributed by atoms with E-state index < -0.39 is 0 Å². The summed E-state index contributed by atoms with van der Waals surface area (Å²) in [6.45, 7) is 1.40. The van der Waals surface area contributed by atoms with E-state index >= 15 is 0 Å². The summed E-state index contributed by atoms with van der Waals surface area (Å²) in [7, 11) is 0. The lowest BCUT2D eigenvalue weighted by Gasteiger charge is -2.09. The number of hydrogen-bond acceptors (Lipinski definition) is 2. The monoisotopic (exact) mass is 170 g/mol. The Bertz CT molecular complexity index is 141. The molecule has 1 saturated carbocycles. The molecule has 1 rings (SSSR count). The van der Waals surface area contributed by atoms with Gasteiger partial charge in [0.05, 0.1) is 0 Å². The van der Waals surface area contributed by atoms with Crippen molar-refractivity contribution in [1.82, 2.24) is 5.32 Å². The molecule has 3 nitrogen and oxygen atoms in total. The molecule has 70 valence electrons. The van der Waals surface area contributed by atoms with E-state index in [1.807, 2.05) is 0 Å². The average Bonchev–Trinajstić information content (AvgIpc) is 2.56. The Hall–Kier alpha value is -0.570. The first-order chi connectivity index (χ1) is 5.84. The molecule has 0 aromatic heterocycles. The number of rotatable bonds is 4. The van der Waals surface area contributed by atoms with Crippen LogP contribution in [0.3, 0.4) is 0 Å². The molecule has 0 bridgehead atoms.